The summed E-state index contributed by atoms with van der Waals surface area (Å²) < 4.78 is 14.5. The van der Waals surface area contributed by atoms with Gasteiger partial charge in [0.2, 0.25) is 0 Å². The lowest BCUT2D eigenvalue weighted by Gasteiger charge is -2.06. The molecule has 19 heavy (non-hydrogen) atoms. The molecule has 0 spiro atoms. The first-order valence-corrected chi connectivity index (χ1v) is 6.46. The van der Waals surface area contributed by atoms with Gasteiger partial charge in [-0.25, -0.2) is 4.39 Å². The van der Waals surface area contributed by atoms with E-state index < -0.39 is 5.82 Å². The first-order valence-electron chi connectivity index (χ1n) is 5.29. The highest BCUT2D eigenvalue weighted by Crippen LogP contribution is 2.32. The van der Waals surface area contributed by atoms with E-state index in [-0.39, 0.29) is 16.2 Å². The summed E-state index contributed by atoms with van der Waals surface area (Å²) in [5, 5.41) is 9.28. The molecule has 1 aromatic heterocycles. The van der Waals surface area contributed by atoms with E-state index in [0.717, 1.165) is 0 Å². The first kappa shape index (κ1) is 13.7. The van der Waals surface area contributed by atoms with Crippen LogP contribution in [-0.4, -0.2) is 4.98 Å². The quantitative estimate of drug-likeness (QED) is 0.750. The lowest BCUT2D eigenvalue weighted by molar-refractivity contribution is 0.624. The molecule has 0 unspecified atom stereocenters. The van der Waals surface area contributed by atoms with Crippen LogP contribution in [0.15, 0.2) is 47.2 Å². The van der Waals surface area contributed by atoms with Gasteiger partial charge in [0, 0.05) is 28.0 Å². The molecular formula is C14H7BrClFN2. The number of nitrogens with zero attached hydrogens (tertiary/aromatic N) is 2. The molecule has 1 heterocycles. The van der Waals surface area contributed by atoms with Crippen LogP contribution < -0.4 is 0 Å². The van der Waals surface area contributed by atoms with Gasteiger partial charge < -0.3 is 0 Å². The van der Waals surface area contributed by atoms with E-state index in [4.69, 9.17) is 11.6 Å². The minimum absolute atomic E-state index is 0.0642. The van der Waals surface area contributed by atoms with Gasteiger partial charge in [-0.1, -0.05) is 33.6 Å². The number of benzene rings is 1. The van der Waals surface area contributed by atoms with Gasteiger partial charge in [-0.05, 0) is 24.3 Å². The lowest BCUT2D eigenvalue weighted by atomic mass is 10.1. The van der Waals surface area contributed by atoms with Crippen LogP contribution in [-0.2, 0) is 0 Å². The van der Waals surface area contributed by atoms with Crippen LogP contribution in [0.25, 0.3) is 10.6 Å². The molecule has 0 amide bonds. The van der Waals surface area contributed by atoms with Crippen molar-refractivity contribution in [3.63, 3.8) is 0 Å². The average molecular weight is 338 g/mol. The third kappa shape index (κ3) is 3.01. The van der Waals surface area contributed by atoms with Gasteiger partial charge in [0.25, 0.3) is 0 Å². The third-order valence-electron chi connectivity index (χ3n) is 2.45. The molecule has 94 valence electrons. The van der Waals surface area contributed by atoms with Crippen LogP contribution in [0.4, 0.5) is 4.39 Å². The molecule has 0 aliphatic heterocycles. The fraction of sp³-hybridized carbons (Fsp3) is 0. The van der Waals surface area contributed by atoms with Crippen molar-refractivity contribution in [1.29, 1.82) is 5.26 Å². The Bertz CT molecular complexity index is 678. The Morgan fingerprint density at radius 3 is 2.79 bits per heavy atom. The Labute approximate surface area is 123 Å². The summed E-state index contributed by atoms with van der Waals surface area (Å²) in [6, 6.07) is 9.77. The highest BCUT2D eigenvalue weighted by Gasteiger charge is 2.13. The predicted octanol–water partition coefficient (Wildman–Crippen LogP) is 4.61. The highest BCUT2D eigenvalue weighted by atomic mass is 79.9. The topological polar surface area (TPSA) is 36.7 Å². The van der Waals surface area contributed by atoms with Gasteiger partial charge in [0.1, 0.15) is 11.9 Å². The molecule has 1 aromatic carbocycles. The summed E-state index contributed by atoms with van der Waals surface area (Å²) in [6.45, 7) is 0. The minimum Gasteiger partial charge on any atom is -0.264 e. The standard InChI is InChI=1S/C14H7BrClFN2/c15-10-3-4-13(17)11(6-10)14(16)12(7-18)9-2-1-5-19-8-9/h1-6,8H/b14-12+. The first-order chi connectivity index (χ1) is 9.13. The number of allylic oxidation sites excluding steroid dienone is 1. The van der Waals surface area contributed by atoms with E-state index in [0.29, 0.717) is 10.0 Å². The lowest BCUT2D eigenvalue weighted by Crippen LogP contribution is -1.90. The maximum absolute atomic E-state index is 13.8. The van der Waals surface area contributed by atoms with Gasteiger partial charge in [-0.3, -0.25) is 4.98 Å². The van der Waals surface area contributed by atoms with Gasteiger partial charge in [0.05, 0.1) is 10.6 Å². The monoisotopic (exact) mass is 336 g/mol. The van der Waals surface area contributed by atoms with Crippen molar-refractivity contribution in [2.45, 2.75) is 0 Å². The van der Waals surface area contributed by atoms with E-state index in [1.807, 2.05) is 6.07 Å². The Morgan fingerprint density at radius 1 is 1.37 bits per heavy atom. The van der Waals surface area contributed by atoms with Gasteiger partial charge in [-0.15, -0.1) is 0 Å². The minimum atomic E-state index is -0.482. The zero-order valence-corrected chi connectivity index (χ0v) is 11.9. The molecule has 0 N–H and O–H groups in total. The van der Waals surface area contributed by atoms with Gasteiger partial charge >= 0.3 is 0 Å². The summed E-state index contributed by atoms with van der Waals surface area (Å²) in [7, 11) is 0. The van der Waals surface area contributed by atoms with E-state index in [1.54, 1.807) is 24.4 Å². The molecule has 0 aliphatic carbocycles. The molecule has 2 rings (SSSR count). The van der Waals surface area contributed by atoms with E-state index in [9.17, 15) is 9.65 Å². The molecule has 2 nitrogen and oxygen atoms in total. The van der Waals surface area contributed by atoms with Crippen LogP contribution >= 0.6 is 27.5 Å². The highest BCUT2D eigenvalue weighted by molar-refractivity contribution is 9.10. The molecule has 0 aliphatic rings. The molecule has 0 saturated heterocycles. The van der Waals surface area contributed by atoms with Crippen molar-refractivity contribution in [3.8, 4) is 6.07 Å². The Hall–Kier alpha value is -1.70. The normalized spacial score (nSPS) is 11.7. The Kier molecular flexibility index (Phi) is 4.31. The number of hydrogen-bond acceptors (Lipinski definition) is 2. The maximum atomic E-state index is 13.8. The van der Waals surface area contributed by atoms with E-state index in [1.165, 1.54) is 18.3 Å². The van der Waals surface area contributed by atoms with Crippen molar-refractivity contribution in [2.75, 3.05) is 0 Å². The third-order valence-corrected chi connectivity index (χ3v) is 3.33. The van der Waals surface area contributed by atoms with Crippen LogP contribution in [0.3, 0.4) is 0 Å². The second-order valence-corrected chi connectivity index (χ2v) is 4.96. The van der Waals surface area contributed by atoms with Crippen molar-refractivity contribution in [2.24, 2.45) is 0 Å². The largest absolute Gasteiger partial charge is 0.264 e. The zero-order valence-electron chi connectivity index (χ0n) is 9.57. The van der Waals surface area contributed by atoms with Crippen molar-refractivity contribution < 1.29 is 4.39 Å². The smallest absolute Gasteiger partial charge is 0.132 e. The number of hydrogen-bond donors (Lipinski definition) is 0. The van der Waals surface area contributed by atoms with Crippen molar-refractivity contribution >= 4 is 38.1 Å². The number of aromatic nitrogens is 1. The van der Waals surface area contributed by atoms with E-state index >= 15 is 0 Å². The number of pyridine rings is 1. The zero-order chi connectivity index (χ0) is 13.8. The molecular weight excluding hydrogens is 331 g/mol. The second kappa shape index (κ2) is 5.96. The summed E-state index contributed by atoms with van der Waals surface area (Å²) in [4.78, 5) is 3.92. The molecule has 0 atom stereocenters. The molecule has 0 fully saturated rings. The summed E-state index contributed by atoms with van der Waals surface area (Å²) in [6.07, 6.45) is 3.10. The second-order valence-electron chi connectivity index (χ2n) is 3.67. The van der Waals surface area contributed by atoms with Crippen molar-refractivity contribution in [1.82, 2.24) is 4.98 Å². The molecule has 0 bridgehead atoms. The van der Waals surface area contributed by atoms with Gasteiger partial charge in [-0.2, -0.15) is 5.26 Å². The number of rotatable bonds is 2. The molecule has 0 radical (unpaired) electrons. The Morgan fingerprint density at radius 2 is 2.16 bits per heavy atom. The average Bonchev–Trinajstić information content (AvgIpc) is 2.43. The number of halogens is 3. The van der Waals surface area contributed by atoms with Crippen LogP contribution in [0.1, 0.15) is 11.1 Å². The summed E-state index contributed by atoms with van der Waals surface area (Å²) in [5.41, 5.74) is 0.914. The number of nitriles is 1. The maximum Gasteiger partial charge on any atom is 0.132 e. The molecule has 0 saturated carbocycles. The van der Waals surface area contributed by atoms with E-state index in [2.05, 4.69) is 20.9 Å². The summed E-state index contributed by atoms with van der Waals surface area (Å²) in [5.74, 6) is -0.482. The van der Waals surface area contributed by atoms with Crippen LogP contribution in [0.2, 0.25) is 0 Å². The SMILES string of the molecule is N#C/C(=C(\Cl)c1cc(Br)ccc1F)c1cccnc1. The molecule has 2 aromatic rings. The van der Waals surface area contributed by atoms with Crippen LogP contribution in [0, 0.1) is 17.1 Å². The van der Waals surface area contributed by atoms with Gasteiger partial charge in [0.15, 0.2) is 0 Å². The summed E-state index contributed by atoms with van der Waals surface area (Å²) >= 11 is 9.40. The van der Waals surface area contributed by atoms with Crippen LogP contribution in [0.5, 0.6) is 0 Å². The van der Waals surface area contributed by atoms with Crippen molar-refractivity contribution in [3.05, 3.63) is 64.1 Å². The fourth-order valence-corrected chi connectivity index (χ4v) is 2.21. The molecule has 5 heteroatoms. The Balaban J connectivity index is 2.62. The fourth-order valence-electron chi connectivity index (χ4n) is 1.55. The predicted molar refractivity (Wildman–Crippen MR) is 76.6 cm³/mol.